The molecule has 0 fully saturated rings. The summed E-state index contributed by atoms with van der Waals surface area (Å²) in [5.74, 6) is 0. The van der Waals surface area contributed by atoms with Gasteiger partial charge in [0.05, 0.1) is 11.4 Å². The van der Waals surface area contributed by atoms with E-state index >= 15 is 0 Å². The second-order valence-corrected chi connectivity index (χ2v) is 2.93. The Morgan fingerprint density at radius 3 is 2.58 bits per heavy atom. The van der Waals surface area contributed by atoms with Gasteiger partial charge >= 0.3 is 0 Å². The fourth-order valence-corrected chi connectivity index (χ4v) is 1.10. The highest BCUT2D eigenvalue weighted by atomic mass is 14.8. The number of nitrogens with zero attached hydrogens (tertiary/aromatic N) is 2. The Morgan fingerprint density at radius 2 is 2.00 bits per heavy atom. The number of rotatable bonds is 1. The molecule has 0 aliphatic heterocycles. The van der Waals surface area contributed by atoms with Crippen LogP contribution in [0.15, 0.2) is 17.1 Å². The molecule has 2 nitrogen and oxygen atoms in total. The van der Waals surface area contributed by atoms with E-state index in [0.29, 0.717) is 0 Å². The third kappa shape index (κ3) is 1.70. The Bertz CT molecular complexity index is 314. The van der Waals surface area contributed by atoms with Crippen LogP contribution in [0.3, 0.4) is 0 Å². The van der Waals surface area contributed by atoms with E-state index < -0.39 is 0 Å². The minimum atomic E-state index is 0.996. The summed E-state index contributed by atoms with van der Waals surface area (Å²) in [6.07, 6.45) is 0. The number of hydrogen-bond acceptors (Lipinski definition) is 2. The summed E-state index contributed by atoms with van der Waals surface area (Å²) in [7, 11) is 1.79. The van der Waals surface area contributed by atoms with Crippen molar-refractivity contribution in [2.24, 2.45) is 4.99 Å². The summed E-state index contributed by atoms with van der Waals surface area (Å²) in [5, 5.41) is 0. The van der Waals surface area contributed by atoms with Crippen molar-refractivity contribution >= 4 is 5.71 Å². The average molecular weight is 162 g/mol. The molecule has 1 aromatic rings. The van der Waals surface area contributed by atoms with Crippen LogP contribution in [-0.4, -0.2) is 17.7 Å². The van der Waals surface area contributed by atoms with Crippen molar-refractivity contribution in [1.29, 1.82) is 0 Å². The maximum Gasteiger partial charge on any atom is 0.0869 e. The van der Waals surface area contributed by atoms with Crippen LogP contribution < -0.4 is 0 Å². The van der Waals surface area contributed by atoms with Crippen LogP contribution in [0.5, 0.6) is 0 Å². The minimum absolute atomic E-state index is 0.996. The molecule has 0 unspecified atom stereocenters. The second-order valence-electron chi connectivity index (χ2n) is 2.93. The molecule has 1 rings (SSSR count). The maximum atomic E-state index is 4.41. The summed E-state index contributed by atoms with van der Waals surface area (Å²) in [4.78, 5) is 8.53. The Balaban J connectivity index is 3.23. The Morgan fingerprint density at radius 1 is 1.33 bits per heavy atom. The number of hydrogen-bond donors (Lipinski definition) is 0. The predicted molar refractivity (Wildman–Crippen MR) is 51.8 cm³/mol. The number of aromatic nitrogens is 1. The largest absolute Gasteiger partial charge is 0.291 e. The zero-order valence-electron chi connectivity index (χ0n) is 8.05. The van der Waals surface area contributed by atoms with E-state index in [4.69, 9.17) is 0 Å². The first-order chi connectivity index (χ1) is 5.65. The predicted octanol–water partition coefficient (Wildman–Crippen LogP) is 2.14. The quantitative estimate of drug-likeness (QED) is 0.581. The Hall–Kier alpha value is -1.18. The highest BCUT2D eigenvalue weighted by Gasteiger charge is 2.02. The number of aliphatic imine (C=N–C) groups is 1. The minimum Gasteiger partial charge on any atom is -0.291 e. The van der Waals surface area contributed by atoms with Gasteiger partial charge in [-0.1, -0.05) is 6.07 Å². The van der Waals surface area contributed by atoms with Gasteiger partial charge in [0.1, 0.15) is 0 Å². The monoisotopic (exact) mass is 162 g/mol. The lowest BCUT2D eigenvalue weighted by atomic mass is 10.1. The van der Waals surface area contributed by atoms with Crippen molar-refractivity contribution in [1.82, 2.24) is 4.98 Å². The van der Waals surface area contributed by atoms with Crippen LogP contribution in [0, 0.1) is 13.8 Å². The standard InChI is InChI=1S/C10H14N2/c1-7-5-6-8(2)12-10(7)9(3)11-4/h5-6H,1-4H3. The molecule has 0 spiro atoms. The SMILES string of the molecule is CN=C(C)c1nc(C)ccc1C. The zero-order chi connectivity index (χ0) is 9.14. The molecule has 0 aliphatic carbocycles. The summed E-state index contributed by atoms with van der Waals surface area (Å²) in [6.45, 7) is 6.02. The molecule has 1 aromatic heterocycles. The van der Waals surface area contributed by atoms with Gasteiger partial charge < -0.3 is 0 Å². The molecule has 12 heavy (non-hydrogen) atoms. The van der Waals surface area contributed by atoms with Gasteiger partial charge in [-0.2, -0.15) is 0 Å². The molecule has 2 heteroatoms. The molecule has 0 bridgehead atoms. The zero-order valence-corrected chi connectivity index (χ0v) is 8.05. The van der Waals surface area contributed by atoms with Gasteiger partial charge in [-0.15, -0.1) is 0 Å². The second kappa shape index (κ2) is 3.48. The summed E-state index contributed by atoms with van der Waals surface area (Å²) < 4.78 is 0. The molecule has 1 heterocycles. The van der Waals surface area contributed by atoms with Crippen LogP contribution in [0.2, 0.25) is 0 Å². The molecule has 0 radical (unpaired) electrons. The fourth-order valence-electron chi connectivity index (χ4n) is 1.10. The van der Waals surface area contributed by atoms with Gasteiger partial charge in [0, 0.05) is 12.7 Å². The molecular formula is C10H14N2. The van der Waals surface area contributed by atoms with Crippen LogP contribution in [0.1, 0.15) is 23.9 Å². The lowest BCUT2D eigenvalue weighted by molar-refractivity contribution is 1.14. The summed E-state index contributed by atoms with van der Waals surface area (Å²) in [6, 6.07) is 4.09. The molecule has 0 amide bonds. The lowest BCUT2D eigenvalue weighted by Gasteiger charge is -2.04. The van der Waals surface area contributed by atoms with E-state index in [9.17, 15) is 0 Å². The first kappa shape index (κ1) is 8.91. The number of aryl methyl sites for hydroxylation is 2. The summed E-state index contributed by atoms with van der Waals surface area (Å²) >= 11 is 0. The summed E-state index contributed by atoms with van der Waals surface area (Å²) in [5.41, 5.74) is 4.23. The first-order valence-corrected chi connectivity index (χ1v) is 4.03. The van der Waals surface area contributed by atoms with Crippen molar-refractivity contribution in [3.8, 4) is 0 Å². The van der Waals surface area contributed by atoms with Crippen LogP contribution in [0.25, 0.3) is 0 Å². The highest BCUT2D eigenvalue weighted by molar-refractivity contribution is 5.98. The van der Waals surface area contributed by atoms with E-state index in [1.807, 2.05) is 19.9 Å². The fraction of sp³-hybridized carbons (Fsp3) is 0.400. The highest BCUT2D eigenvalue weighted by Crippen LogP contribution is 2.06. The molecule has 0 aromatic carbocycles. The Kier molecular flexibility index (Phi) is 2.58. The molecule has 0 N–H and O–H groups in total. The van der Waals surface area contributed by atoms with E-state index in [0.717, 1.165) is 17.1 Å². The topological polar surface area (TPSA) is 25.2 Å². The van der Waals surface area contributed by atoms with E-state index in [2.05, 4.69) is 23.0 Å². The molecule has 0 saturated heterocycles. The number of pyridine rings is 1. The third-order valence-corrected chi connectivity index (χ3v) is 1.91. The van der Waals surface area contributed by atoms with Crippen molar-refractivity contribution in [2.45, 2.75) is 20.8 Å². The smallest absolute Gasteiger partial charge is 0.0869 e. The Labute approximate surface area is 73.4 Å². The third-order valence-electron chi connectivity index (χ3n) is 1.91. The van der Waals surface area contributed by atoms with Gasteiger partial charge in [0.25, 0.3) is 0 Å². The van der Waals surface area contributed by atoms with Crippen molar-refractivity contribution in [2.75, 3.05) is 7.05 Å². The van der Waals surface area contributed by atoms with E-state index in [1.54, 1.807) is 7.05 Å². The average Bonchev–Trinajstić information content (AvgIpc) is 2.08. The lowest BCUT2D eigenvalue weighted by Crippen LogP contribution is -2.02. The van der Waals surface area contributed by atoms with Crippen LogP contribution in [-0.2, 0) is 0 Å². The van der Waals surface area contributed by atoms with Crippen LogP contribution >= 0.6 is 0 Å². The van der Waals surface area contributed by atoms with Gasteiger partial charge in [0.2, 0.25) is 0 Å². The van der Waals surface area contributed by atoms with Crippen molar-refractivity contribution < 1.29 is 0 Å². The van der Waals surface area contributed by atoms with Gasteiger partial charge in [-0.05, 0) is 32.4 Å². The van der Waals surface area contributed by atoms with Crippen LogP contribution in [0.4, 0.5) is 0 Å². The maximum absolute atomic E-state index is 4.41. The van der Waals surface area contributed by atoms with Crippen molar-refractivity contribution in [3.05, 3.63) is 29.1 Å². The molecule has 0 saturated carbocycles. The van der Waals surface area contributed by atoms with Gasteiger partial charge in [-0.3, -0.25) is 9.98 Å². The van der Waals surface area contributed by atoms with Gasteiger partial charge in [-0.25, -0.2) is 0 Å². The normalized spacial score (nSPS) is 11.8. The van der Waals surface area contributed by atoms with Crippen molar-refractivity contribution in [3.63, 3.8) is 0 Å². The molecule has 64 valence electrons. The molecular weight excluding hydrogens is 148 g/mol. The first-order valence-electron chi connectivity index (χ1n) is 4.03. The van der Waals surface area contributed by atoms with E-state index in [1.165, 1.54) is 5.56 Å². The molecule has 0 aliphatic rings. The molecule has 0 atom stereocenters. The van der Waals surface area contributed by atoms with Gasteiger partial charge in [0.15, 0.2) is 0 Å². The van der Waals surface area contributed by atoms with E-state index in [-0.39, 0.29) is 0 Å².